The number of imidazole rings is 1. The van der Waals surface area contributed by atoms with Crippen molar-refractivity contribution < 1.29 is 9.53 Å². The van der Waals surface area contributed by atoms with E-state index in [0.717, 1.165) is 28.2 Å². The zero-order chi connectivity index (χ0) is 16.5. The van der Waals surface area contributed by atoms with Gasteiger partial charge in [-0.1, -0.05) is 18.2 Å². The summed E-state index contributed by atoms with van der Waals surface area (Å²) in [5, 5.41) is 4.12. The Morgan fingerprint density at radius 2 is 2.21 bits per heavy atom. The molecule has 0 amide bonds. The van der Waals surface area contributed by atoms with Gasteiger partial charge in [0.2, 0.25) is 0 Å². The highest BCUT2D eigenvalue weighted by molar-refractivity contribution is 7.08. The summed E-state index contributed by atoms with van der Waals surface area (Å²) in [6.45, 7) is 2.49. The van der Waals surface area contributed by atoms with Gasteiger partial charge in [-0.3, -0.25) is 9.56 Å². The Balaban J connectivity index is 1.90. The second kappa shape index (κ2) is 6.05. The van der Waals surface area contributed by atoms with Gasteiger partial charge in [0.1, 0.15) is 6.33 Å². The number of benzene rings is 1. The fourth-order valence-electron chi connectivity index (χ4n) is 2.87. The van der Waals surface area contributed by atoms with Crippen LogP contribution in [-0.2, 0) is 11.3 Å². The third-order valence-corrected chi connectivity index (χ3v) is 4.62. The molecule has 6 heteroatoms. The maximum Gasteiger partial charge on any atom is 0.358 e. The Labute approximate surface area is 143 Å². The molecule has 0 bridgehead atoms. The zero-order valence-corrected chi connectivity index (χ0v) is 13.9. The van der Waals surface area contributed by atoms with Crippen LogP contribution in [0.4, 0.5) is 0 Å². The lowest BCUT2D eigenvalue weighted by Gasteiger charge is -2.10. The van der Waals surface area contributed by atoms with Crippen molar-refractivity contribution in [2.45, 2.75) is 13.5 Å². The summed E-state index contributed by atoms with van der Waals surface area (Å²) >= 11 is 1.64. The molecule has 4 rings (SSSR count). The van der Waals surface area contributed by atoms with Crippen LogP contribution in [0.2, 0.25) is 0 Å². The molecule has 5 nitrogen and oxygen atoms in total. The van der Waals surface area contributed by atoms with E-state index in [1.165, 1.54) is 0 Å². The van der Waals surface area contributed by atoms with E-state index >= 15 is 0 Å². The van der Waals surface area contributed by atoms with Crippen LogP contribution in [0.3, 0.4) is 0 Å². The summed E-state index contributed by atoms with van der Waals surface area (Å²) < 4.78 is 7.05. The van der Waals surface area contributed by atoms with E-state index in [1.807, 2.05) is 34.2 Å². The highest BCUT2D eigenvalue weighted by Crippen LogP contribution is 2.27. The molecule has 0 saturated carbocycles. The molecule has 0 radical (unpaired) electrons. The summed E-state index contributed by atoms with van der Waals surface area (Å²) in [5.41, 5.74) is 5.11. The van der Waals surface area contributed by atoms with E-state index in [9.17, 15) is 4.79 Å². The van der Waals surface area contributed by atoms with Crippen LogP contribution in [0, 0.1) is 0 Å². The smallest absolute Gasteiger partial charge is 0.358 e. The third-order valence-electron chi connectivity index (χ3n) is 3.94. The molecule has 0 atom stereocenters. The molecule has 0 spiro atoms. The maximum atomic E-state index is 12.2. The fraction of sp³-hybridized carbons (Fsp3) is 0.167. The van der Waals surface area contributed by atoms with E-state index in [2.05, 4.69) is 16.4 Å². The van der Waals surface area contributed by atoms with Gasteiger partial charge < -0.3 is 4.74 Å². The van der Waals surface area contributed by atoms with Crippen LogP contribution in [-0.4, -0.2) is 27.8 Å². The minimum absolute atomic E-state index is 0.325. The average Bonchev–Trinajstić information content (AvgIpc) is 3.23. The molecular weight excluding hydrogens is 322 g/mol. The number of aromatic nitrogens is 2. The van der Waals surface area contributed by atoms with Gasteiger partial charge in [0.05, 0.1) is 30.2 Å². The standard InChI is InChI=1S/C18H15N3O2S/c1-2-23-18(22)17-15-9-19-16(12-7-8-24-10-12)13-5-3-4-6-14(13)21(15)11-20-17/h3-8,10-11H,2,9H2,1H3. The van der Waals surface area contributed by atoms with Crippen molar-refractivity contribution in [2.24, 2.45) is 4.99 Å². The summed E-state index contributed by atoms with van der Waals surface area (Å²) in [6, 6.07) is 10.1. The fourth-order valence-corrected chi connectivity index (χ4v) is 3.51. The van der Waals surface area contributed by atoms with Crippen LogP contribution < -0.4 is 0 Å². The Hall–Kier alpha value is -2.73. The molecule has 3 aromatic rings. The van der Waals surface area contributed by atoms with Gasteiger partial charge >= 0.3 is 5.97 Å². The molecule has 2 aromatic heterocycles. The molecule has 0 aliphatic carbocycles. The lowest BCUT2D eigenvalue weighted by atomic mass is 10.0. The first-order chi connectivity index (χ1) is 11.8. The van der Waals surface area contributed by atoms with Gasteiger partial charge in [-0.25, -0.2) is 9.78 Å². The monoisotopic (exact) mass is 337 g/mol. The third kappa shape index (κ3) is 2.35. The minimum Gasteiger partial charge on any atom is -0.461 e. The number of rotatable bonds is 3. The van der Waals surface area contributed by atoms with Crippen LogP contribution >= 0.6 is 11.3 Å². The Morgan fingerprint density at radius 3 is 3.00 bits per heavy atom. The molecule has 1 aliphatic heterocycles. The highest BCUT2D eigenvalue weighted by atomic mass is 32.1. The van der Waals surface area contributed by atoms with E-state index < -0.39 is 5.97 Å². The van der Waals surface area contributed by atoms with E-state index in [1.54, 1.807) is 24.6 Å². The van der Waals surface area contributed by atoms with Crippen LogP contribution in [0.5, 0.6) is 0 Å². The van der Waals surface area contributed by atoms with Gasteiger partial charge in [-0.15, -0.1) is 0 Å². The summed E-state index contributed by atoms with van der Waals surface area (Å²) in [7, 11) is 0. The van der Waals surface area contributed by atoms with Gasteiger partial charge in [0.15, 0.2) is 5.69 Å². The first-order valence-electron chi connectivity index (χ1n) is 7.69. The number of carbonyl (C=O) groups is 1. The minimum atomic E-state index is -0.405. The second-order valence-electron chi connectivity index (χ2n) is 5.32. The van der Waals surface area contributed by atoms with Crippen LogP contribution in [0.15, 0.2) is 52.4 Å². The molecule has 3 heterocycles. The van der Waals surface area contributed by atoms with Gasteiger partial charge in [-0.05, 0) is 24.4 Å². The Kier molecular flexibility index (Phi) is 3.74. The zero-order valence-electron chi connectivity index (χ0n) is 13.1. The SMILES string of the molecule is CCOC(=O)c1ncn2c1CN=C(c1ccsc1)c1ccccc1-2. The maximum absolute atomic E-state index is 12.2. The number of thiophene rings is 1. The summed E-state index contributed by atoms with van der Waals surface area (Å²) in [5.74, 6) is -0.405. The van der Waals surface area contributed by atoms with Crippen molar-refractivity contribution >= 4 is 23.0 Å². The van der Waals surface area contributed by atoms with Crippen LogP contribution in [0.1, 0.15) is 34.2 Å². The largest absolute Gasteiger partial charge is 0.461 e. The van der Waals surface area contributed by atoms with Gasteiger partial charge in [-0.2, -0.15) is 11.3 Å². The quantitative estimate of drug-likeness (QED) is 0.688. The average molecular weight is 337 g/mol. The molecule has 24 heavy (non-hydrogen) atoms. The van der Waals surface area contributed by atoms with Crippen molar-refractivity contribution in [3.63, 3.8) is 0 Å². The summed E-state index contributed by atoms with van der Waals surface area (Å²) in [6.07, 6.45) is 1.67. The predicted octanol–water partition coefficient (Wildman–Crippen LogP) is 3.46. The van der Waals surface area contributed by atoms with Crippen molar-refractivity contribution in [3.8, 4) is 5.69 Å². The van der Waals surface area contributed by atoms with E-state index in [-0.39, 0.29) is 0 Å². The molecule has 1 aromatic carbocycles. The first-order valence-corrected chi connectivity index (χ1v) is 8.64. The number of aliphatic imine (C=N–C) groups is 1. The van der Waals surface area contributed by atoms with Crippen molar-refractivity contribution in [1.82, 2.24) is 9.55 Å². The molecule has 0 fully saturated rings. The topological polar surface area (TPSA) is 56.5 Å². The normalized spacial score (nSPS) is 12.8. The molecule has 0 unspecified atom stereocenters. The first kappa shape index (κ1) is 14.8. The number of para-hydroxylation sites is 1. The molecule has 1 aliphatic rings. The van der Waals surface area contributed by atoms with Gasteiger partial charge in [0, 0.05) is 16.5 Å². The highest BCUT2D eigenvalue weighted by Gasteiger charge is 2.24. The Morgan fingerprint density at radius 1 is 1.33 bits per heavy atom. The number of ether oxygens (including phenoxy) is 1. The number of esters is 1. The van der Waals surface area contributed by atoms with Crippen molar-refractivity contribution in [2.75, 3.05) is 6.61 Å². The van der Waals surface area contributed by atoms with E-state index in [0.29, 0.717) is 18.8 Å². The van der Waals surface area contributed by atoms with E-state index in [4.69, 9.17) is 9.73 Å². The summed E-state index contributed by atoms with van der Waals surface area (Å²) in [4.78, 5) is 21.2. The van der Waals surface area contributed by atoms with Crippen LogP contribution in [0.25, 0.3) is 5.69 Å². The molecule has 0 N–H and O–H groups in total. The van der Waals surface area contributed by atoms with Crippen molar-refractivity contribution in [3.05, 3.63) is 69.9 Å². The lowest BCUT2D eigenvalue weighted by Crippen LogP contribution is -2.09. The second-order valence-corrected chi connectivity index (χ2v) is 6.10. The number of carbonyl (C=O) groups excluding carboxylic acids is 1. The number of fused-ring (bicyclic) bond motifs is 3. The van der Waals surface area contributed by atoms with Crippen molar-refractivity contribution in [1.29, 1.82) is 0 Å². The number of nitrogens with zero attached hydrogens (tertiary/aromatic N) is 3. The number of hydrogen-bond acceptors (Lipinski definition) is 5. The lowest BCUT2D eigenvalue weighted by molar-refractivity contribution is 0.0518. The van der Waals surface area contributed by atoms with Gasteiger partial charge in [0.25, 0.3) is 0 Å². The molecule has 0 saturated heterocycles. The number of hydrogen-bond donors (Lipinski definition) is 0. The predicted molar refractivity (Wildman–Crippen MR) is 93.2 cm³/mol. The molecular formula is C18H15N3O2S. The molecule has 120 valence electrons. The Bertz CT molecular complexity index is 926.